The number of nitrogens with one attached hydrogen (secondary N) is 1. The molecule has 1 amide bonds. The van der Waals surface area contributed by atoms with Gasteiger partial charge in [0.05, 0.1) is 5.69 Å². The Morgan fingerprint density at radius 1 is 0.828 bits per heavy atom. The zero-order valence-electron chi connectivity index (χ0n) is 16.0. The summed E-state index contributed by atoms with van der Waals surface area (Å²) in [5, 5.41) is 2.73. The van der Waals surface area contributed by atoms with Crippen molar-refractivity contribution in [3.63, 3.8) is 0 Å². The SMILES string of the molecule is CSc1ccccc1NC(=O)COC(=O)COc1ccc(-c2ccccc2)cc1. The number of thioether (sulfide) groups is 1. The fraction of sp³-hybridized carbons (Fsp3) is 0.130. The second-order valence-corrected chi connectivity index (χ2v) is 6.94. The van der Waals surface area contributed by atoms with Crippen LogP contribution in [0.2, 0.25) is 0 Å². The van der Waals surface area contributed by atoms with Gasteiger partial charge in [0, 0.05) is 4.90 Å². The van der Waals surface area contributed by atoms with Crippen molar-refractivity contribution in [2.75, 3.05) is 24.8 Å². The van der Waals surface area contributed by atoms with Crippen LogP contribution in [0.25, 0.3) is 11.1 Å². The summed E-state index contributed by atoms with van der Waals surface area (Å²) in [4.78, 5) is 24.8. The van der Waals surface area contributed by atoms with Crippen LogP contribution in [0.5, 0.6) is 5.75 Å². The van der Waals surface area contributed by atoms with Crippen molar-refractivity contribution >= 4 is 29.3 Å². The number of rotatable bonds is 8. The van der Waals surface area contributed by atoms with Gasteiger partial charge in [-0.25, -0.2) is 4.79 Å². The van der Waals surface area contributed by atoms with Gasteiger partial charge in [-0.15, -0.1) is 11.8 Å². The average molecular weight is 407 g/mol. The van der Waals surface area contributed by atoms with Crippen LogP contribution in [0.1, 0.15) is 0 Å². The number of carbonyl (C=O) groups excluding carboxylic acids is 2. The number of amides is 1. The van der Waals surface area contributed by atoms with E-state index in [9.17, 15) is 9.59 Å². The first-order chi connectivity index (χ1) is 14.2. The molecule has 0 saturated carbocycles. The molecule has 0 radical (unpaired) electrons. The second-order valence-electron chi connectivity index (χ2n) is 6.09. The summed E-state index contributed by atoms with van der Waals surface area (Å²) in [6.07, 6.45) is 1.93. The highest BCUT2D eigenvalue weighted by molar-refractivity contribution is 7.98. The minimum Gasteiger partial charge on any atom is -0.482 e. The highest BCUT2D eigenvalue weighted by Gasteiger charge is 2.10. The van der Waals surface area contributed by atoms with E-state index in [1.807, 2.05) is 66.9 Å². The molecule has 1 N–H and O–H groups in total. The monoisotopic (exact) mass is 407 g/mol. The van der Waals surface area contributed by atoms with Gasteiger partial charge >= 0.3 is 5.97 Å². The van der Waals surface area contributed by atoms with Crippen molar-refractivity contribution in [2.24, 2.45) is 0 Å². The first-order valence-corrected chi connectivity index (χ1v) is 10.2. The predicted octanol–water partition coefficient (Wildman–Crippen LogP) is 4.64. The lowest BCUT2D eigenvalue weighted by atomic mass is 10.1. The number of esters is 1. The van der Waals surface area contributed by atoms with Gasteiger partial charge in [0.25, 0.3) is 5.91 Å². The van der Waals surface area contributed by atoms with E-state index >= 15 is 0 Å². The number of hydrogen-bond donors (Lipinski definition) is 1. The maximum Gasteiger partial charge on any atom is 0.344 e. The van der Waals surface area contributed by atoms with Crippen LogP contribution in [-0.2, 0) is 14.3 Å². The molecular formula is C23H21NO4S. The Balaban J connectivity index is 1.43. The first-order valence-electron chi connectivity index (χ1n) is 9.02. The molecule has 3 aromatic rings. The van der Waals surface area contributed by atoms with Gasteiger partial charge in [-0.3, -0.25) is 4.79 Å². The van der Waals surface area contributed by atoms with Crippen LogP contribution in [0.3, 0.4) is 0 Å². The Bertz CT molecular complexity index is 958. The van der Waals surface area contributed by atoms with Gasteiger partial charge in [-0.05, 0) is 41.6 Å². The number of ether oxygens (including phenoxy) is 2. The molecule has 0 heterocycles. The molecule has 148 valence electrons. The fourth-order valence-electron chi connectivity index (χ4n) is 2.64. The zero-order valence-corrected chi connectivity index (χ0v) is 16.8. The number of hydrogen-bond acceptors (Lipinski definition) is 5. The van der Waals surface area contributed by atoms with Crippen LogP contribution < -0.4 is 10.1 Å². The van der Waals surface area contributed by atoms with Gasteiger partial charge in [0.15, 0.2) is 13.2 Å². The smallest absolute Gasteiger partial charge is 0.344 e. The van der Waals surface area contributed by atoms with Crippen molar-refractivity contribution < 1.29 is 19.1 Å². The summed E-state index contributed by atoms with van der Waals surface area (Å²) < 4.78 is 10.4. The van der Waals surface area contributed by atoms with Crippen molar-refractivity contribution in [3.05, 3.63) is 78.9 Å². The van der Waals surface area contributed by atoms with Crippen LogP contribution in [0, 0.1) is 0 Å². The topological polar surface area (TPSA) is 64.6 Å². The summed E-state index contributed by atoms with van der Waals surface area (Å²) in [5.41, 5.74) is 2.85. The molecule has 0 spiro atoms. The summed E-state index contributed by atoms with van der Waals surface area (Å²) >= 11 is 1.52. The van der Waals surface area contributed by atoms with Crippen LogP contribution >= 0.6 is 11.8 Å². The molecule has 0 aliphatic rings. The average Bonchev–Trinajstić information content (AvgIpc) is 2.77. The Kier molecular flexibility index (Phi) is 7.30. The lowest BCUT2D eigenvalue weighted by molar-refractivity contribution is -0.149. The number of anilines is 1. The van der Waals surface area contributed by atoms with Crippen molar-refractivity contribution in [2.45, 2.75) is 4.90 Å². The standard InChI is InChI=1S/C23H21NO4S/c1-29-21-10-6-5-9-20(21)24-22(25)15-28-23(26)16-27-19-13-11-18(12-14-19)17-7-3-2-4-8-17/h2-14H,15-16H2,1H3,(H,24,25). The maximum atomic E-state index is 12.0. The molecule has 0 bridgehead atoms. The molecule has 6 heteroatoms. The van der Waals surface area contributed by atoms with E-state index in [0.717, 1.165) is 16.0 Å². The predicted molar refractivity (Wildman–Crippen MR) is 115 cm³/mol. The third kappa shape index (κ3) is 6.12. The molecule has 5 nitrogen and oxygen atoms in total. The summed E-state index contributed by atoms with van der Waals surface area (Å²) in [7, 11) is 0. The molecule has 0 atom stereocenters. The number of benzene rings is 3. The molecule has 0 unspecified atom stereocenters. The van der Waals surface area contributed by atoms with Gasteiger partial charge in [-0.1, -0.05) is 54.6 Å². The molecule has 0 aromatic heterocycles. The molecule has 0 saturated heterocycles. The van der Waals surface area contributed by atoms with E-state index in [-0.39, 0.29) is 13.2 Å². The fourth-order valence-corrected chi connectivity index (χ4v) is 3.19. The summed E-state index contributed by atoms with van der Waals surface area (Å²) in [6.45, 7) is -0.628. The van der Waals surface area contributed by atoms with Gasteiger partial charge < -0.3 is 14.8 Å². The molecule has 0 aliphatic carbocycles. The Labute approximate surface area is 174 Å². The van der Waals surface area contributed by atoms with Crippen LogP contribution in [0.4, 0.5) is 5.69 Å². The number of carbonyl (C=O) groups is 2. The summed E-state index contributed by atoms with van der Waals surface area (Å²) in [5.74, 6) is -0.447. The van der Waals surface area contributed by atoms with E-state index in [1.165, 1.54) is 11.8 Å². The molecule has 29 heavy (non-hydrogen) atoms. The maximum absolute atomic E-state index is 12.0. The van der Waals surface area contributed by atoms with Crippen LogP contribution in [-0.4, -0.2) is 31.3 Å². The van der Waals surface area contributed by atoms with Gasteiger partial charge in [0.1, 0.15) is 5.75 Å². The second kappa shape index (κ2) is 10.3. The first kappa shape index (κ1) is 20.5. The molecule has 0 fully saturated rings. The minimum atomic E-state index is -0.606. The van der Waals surface area contributed by atoms with E-state index in [1.54, 1.807) is 18.2 Å². The Morgan fingerprint density at radius 2 is 1.48 bits per heavy atom. The third-order valence-electron chi connectivity index (χ3n) is 4.06. The Morgan fingerprint density at radius 3 is 2.21 bits per heavy atom. The Hall–Kier alpha value is -3.25. The van der Waals surface area contributed by atoms with Crippen molar-refractivity contribution in [3.8, 4) is 16.9 Å². The number of para-hydroxylation sites is 1. The molecule has 3 rings (SSSR count). The quantitative estimate of drug-likeness (QED) is 0.435. The van der Waals surface area contributed by atoms with Gasteiger partial charge in [0.2, 0.25) is 0 Å². The molecule has 3 aromatic carbocycles. The zero-order chi connectivity index (χ0) is 20.5. The molecule has 0 aliphatic heterocycles. The lowest BCUT2D eigenvalue weighted by Gasteiger charge is -2.10. The van der Waals surface area contributed by atoms with Crippen molar-refractivity contribution in [1.82, 2.24) is 0 Å². The minimum absolute atomic E-state index is 0.265. The normalized spacial score (nSPS) is 10.2. The molecular weight excluding hydrogens is 386 g/mol. The van der Waals surface area contributed by atoms with Crippen molar-refractivity contribution in [1.29, 1.82) is 0 Å². The van der Waals surface area contributed by atoms with E-state index < -0.39 is 11.9 Å². The van der Waals surface area contributed by atoms with E-state index in [2.05, 4.69) is 5.32 Å². The third-order valence-corrected chi connectivity index (χ3v) is 4.86. The van der Waals surface area contributed by atoms with E-state index in [0.29, 0.717) is 11.4 Å². The van der Waals surface area contributed by atoms with E-state index in [4.69, 9.17) is 9.47 Å². The lowest BCUT2D eigenvalue weighted by Crippen LogP contribution is -2.23. The van der Waals surface area contributed by atoms with Gasteiger partial charge in [-0.2, -0.15) is 0 Å². The largest absolute Gasteiger partial charge is 0.482 e. The highest BCUT2D eigenvalue weighted by atomic mass is 32.2. The summed E-state index contributed by atoms with van der Waals surface area (Å²) in [6, 6.07) is 24.8. The van der Waals surface area contributed by atoms with Crippen LogP contribution in [0.15, 0.2) is 83.8 Å². The highest BCUT2D eigenvalue weighted by Crippen LogP contribution is 2.24.